The molecule has 4 aromatic rings. The number of carbonyl (C=O) groups excluding carboxylic acids is 2. The number of hydrogen-bond donors (Lipinski definition) is 2. The van der Waals surface area contributed by atoms with Crippen LogP contribution in [0.15, 0.2) is 84.9 Å². The molecule has 3 amide bonds. The van der Waals surface area contributed by atoms with Crippen LogP contribution in [0.4, 0.5) is 9.93 Å². The summed E-state index contributed by atoms with van der Waals surface area (Å²) in [6.45, 7) is -0.0636. The molecule has 11 heteroatoms. The number of para-hydroxylation sites is 1. The van der Waals surface area contributed by atoms with Crippen molar-refractivity contribution in [1.29, 1.82) is 0 Å². The van der Waals surface area contributed by atoms with Crippen molar-refractivity contribution in [3.8, 4) is 0 Å². The number of hydrogen-bond acceptors (Lipinski definition) is 6. The average molecular weight is 552 g/mol. The van der Waals surface area contributed by atoms with Crippen molar-refractivity contribution in [1.82, 2.24) is 14.2 Å². The van der Waals surface area contributed by atoms with E-state index in [4.69, 9.17) is 5.73 Å². The molecule has 1 atom stereocenters. The zero-order valence-corrected chi connectivity index (χ0v) is 22.7. The number of fused-ring (bicyclic) bond motifs is 1. The summed E-state index contributed by atoms with van der Waals surface area (Å²) in [7, 11) is -1.68. The Kier molecular flexibility index (Phi) is 8.40. The molecule has 0 saturated carbocycles. The Hall–Kier alpha value is -3.80. The predicted molar refractivity (Wildman–Crippen MR) is 150 cm³/mol. The summed E-state index contributed by atoms with van der Waals surface area (Å²) >= 11 is 1.25. The molecular formula is C27H29N5O4S2. The monoisotopic (exact) mass is 551 g/mol. The Bertz CT molecular complexity index is 1440. The normalized spacial score (nSPS) is 12.5. The van der Waals surface area contributed by atoms with Crippen LogP contribution >= 0.6 is 11.3 Å². The SMILES string of the molecule is CN(C)S(=O)(=O)C(C(N)=O)N(CCC(c1ccccc1)c1ccccc1)C(=O)Nc1nc2ccccc2s1. The van der Waals surface area contributed by atoms with Crippen LogP contribution in [-0.4, -0.2) is 60.6 Å². The molecule has 3 N–H and O–H groups in total. The van der Waals surface area contributed by atoms with E-state index in [1.54, 1.807) is 0 Å². The second kappa shape index (κ2) is 11.7. The van der Waals surface area contributed by atoms with Gasteiger partial charge in [-0.1, -0.05) is 84.1 Å². The highest BCUT2D eigenvalue weighted by molar-refractivity contribution is 7.90. The molecule has 4 rings (SSSR count). The lowest BCUT2D eigenvalue weighted by atomic mass is 9.88. The van der Waals surface area contributed by atoms with E-state index in [0.717, 1.165) is 25.0 Å². The van der Waals surface area contributed by atoms with E-state index in [1.165, 1.54) is 25.4 Å². The number of carbonyl (C=O) groups is 2. The number of aromatic nitrogens is 1. The van der Waals surface area contributed by atoms with E-state index in [2.05, 4.69) is 10.3 Å². The number of thiazole rings is 1. The molecule has 0 aliphatic heterocycles. The van der Waals surface area contributed by atoms with E-state index >= 15 is 0 Å². The number of urea groups is 1. The third kappa shape index (κ3) is 6.01. The summed E-state index contributed by atoms with van der Waals surface area (Å²) < 4.78 is 28.1. The average Bonchev–Trinajstić information content (AvgIpc) is 3.31. The van der Waals surface area contributed by atoms with E-state index in [0.29, 0.717) is 11.9 Å². The van der Waals surface area contributed by atoms with Gasteiger partial charge in [0.1, 0.15) is 0 Å². The van der Waals surface area contributed by atoms with Gasteiger partial charge in [-0.15, -0.1) is 0 Å². The van der Waals surface area contributed by atoms with Gasteiger partial charge < -0.3 is 5.73 Å². The number of amides is 3. The smallest absolute Gasteiger partial charge is 0.325 e. The quantitative estimate of drug-likeness (QED) is 0.308. The van der Waals surface area contributed by atoms with Crippen LogP contribution in [0.1, 0.15) is 23.5 Å². The molecule has 198 valence electrons. The summed E-state index contributed by atoms with van der Waals surface area (Å²) in [5.41, 5.74) is 8.29. The highest BCUT2D eigenvalue weighted by Crippen LogP contribution is 2.30. The molecule has 0 aliphatic rings. The van der Waals surface area contributed by atoms with Crippen LogP contribution in [-0.2, 0) is 14.8 Å². The first kappa shape index (κ1) is 27.2. The van der Waals surface area contributed by atoms with Gasteiger partial charge in [0.05, 0.1) is 10.2 Å². The van der Waals surface area contributed by atoms with E-state index in [-0.39, 0.29) is 17.6 Å². The van der Waals surface area contributed by atoms with Crippen LogP contribution in [0.2, 0.25) is 0 Å². The molecule has 0 radical (unpaired) electrons. The van der Waals surface area contributed by atoms with Crippen molar-refractivity contribution in [2.24, 2.45) is 5.73 Å². The fourth-order valence-electron chi connectivity index (χ4n) is 4.24. The Morgan fingerprint density at radius 3 is 2.00 bits per heavy atom. The van der Waals surface area contributed by atoms with Gasteiger partial charge in [0.25, 0.3) is 5.91 Å². The van der Waals surface area contributed by atoms with Gasteiger partial charge >= 0.3 is 6.03 Å². The zero-order valence-electron chi connectivity index (χ0n) is 21.0. The molecule has 9 nitrogen and oxygen atoms in total. The highest BCUT2D eigenvalue weighted by Gasteiger charge is 2.41. The van der Waals surface area contributed by atoms with Crippen molar-refractivity contribution in [2.75, 3.05) is 26.0 Å². The number of sulfonamides is 1. The van der Waals surface area contributed by atoms with Gasteiger partial charge in [-0.05, 0) is 29.7 Å². The molecule has 0 bridgehead atoms. The first-order chi connectivity index (χ1) is 18.2. The Labute approximate surface area is 226 Å². The lowest BCUT2D eigenvalue weighted by Crippen LogP contribution is -2.56. The number of nitrogens with one attached hydrogen (secondary N) is 1. The van der Waals surface area contributed by atoms with Gasteiger partial charge in [0.15, 0.2) is 5.13 Å². The number of anilines is 1. The summed E-state index contributed by atoms with van der Waals surface area (Å²) in [5.74, 6) is -1.31. The number of rotatable bonds is 10. The highest BCUT2D eigenvalue weighted by atomic mass is 32.2. The molecule has 1 heterocycles. The summed E-state index contributed by atoms with van der Waals surface area (Å²) in [6, 6.07) is 26.0. The third-order valence-electron chi connectivity index (χ3n) is 6.15. The first-order valence-electron chi connectivity index (χ1n) is 11.9. The maximum absolute atomic E-state index is 13.6. The number of primary amides is 1. The van der Waals surface area contributed by atoms with Crippen molar-refractivity contribution in [3.05, 3.63) is 96.1 Å². The van der Waals surface area contributed by atoms with Crippen molar-refractivity contribution < 1.29 is 18.0 Å². The van der Waals surface area contributed by atoms with Crippen LogP contribution in [0, 0.1) is 0 Å². The van der Waals surface area contributed by atoms with Crippen LogP contribution in [0.5, 0.6) is 0 Å². The lowest BCUT2D eigenvalue weighted by molar-refractivity contribution is -0.119. The Morgan fingerprint density at radius 2 is 1.47 bits per heavy atom. The number of nitrogens with zero attached hydrogens (tertiary/aromatic N) is 3. The van der Waals surface area contributed by atoms with Gasteiger partial charge in [-0.3, -0.25) is 15.0 Å². The molecule has 0 aliphatic carbocycles. The van der Waals surface area contributed by atoms with Gasteiger partial charge in [-0.2, -0.15) is 0 Å². The van der Waals surface area contributed by atoms with Crippen LogP contribution < -0.4 is 11.1 Å². The molecule has 0 fully saturated rings. The Morgan fingerprint density at radius 1 is 0.921 bits per heavy atom. The maximum Gasteiger partial charge on any atom is 0.325 e. The molecule has 1 aromatic heterocycles. The van der Waals surface area contributed by atoms with E-state index in [1.807, 2.05) is 84.9 Å². The minimum absolute atomic E-state index is 0.0636. The van der Waals surface area contributed by atoms with Crippen molar-refractivity contribution >= 4 is 48.6 Å². The second-order valence-corrected chi connectivity index (χ2v) is 12.1. The minimum atomic E-state index is -4.27. The van der Waals surface area contributed by atoms with Crippen LogP contribution in [0.25, 0.3) is 10.2 Å². The fourth-order valence-corrected chi connectivity index (χ4v) is 6.31. The van der Waals surface area contributed by atoms with Gasteiger partial charge in [-0.25, -0.2) is 22.5 Å². The zero-order chi connectivity index (χ0) is 27.3. The lowest BCUT2D eigenvalue weighted by Gasteiger charge is -2.32. The fraction of sp³-hybridized carbons (Fsp3) is 0.222. The minimum Gasteiger partial charge on any atom is -0.367 e. The molecular weight excluding hydrogens is 522 g/mol. The van der Waals surface area contributed by atoms with Crippen molar-refractivity contribution in [3.63, 3.8) is 0 Å². The molecule has 1 unspecified atom stereocenters. The summed E-state index contributed by atoms with van der Waals surface area (Å²) in [4.78, 5) is 31.5. The second-order valence-electron chi connectivity index (χ2n) is 8.85. The number of nitrogens with two attached hydrogens (primary N) is 1. The maximum atomic E-state index is 13.6. The standard InChI is InChI=1S/C27H29N5O4S2/c1-31(2)38(35,36)25(24(28)33)32(27(34)30-26-29-22-15-9-10-16-23(22)37-26)18-17-21(19-11-5-3-6-12-19)20-13-7-4-8-14-20/h3-16,21,25H,17-18H2,1-2H3,(H2,28,33)(H,29,30,34). The molecule has 0 saturated heterocycles. The summed E-state index contributed by atoms with van der Waals surface area (Å²) in [6.07, 6.45) is 0.341. The van der Waals surface area contributed by atoms with Crippen molar-refractivity contribution in [2.45, 2.75) is 17.7 Å². The van der Waals surface area contributed by atoms with Gasteiger partial charge in [0.2, 0.25) is 15.4 Å². The predicted octanol–water partition coefficient (Wildman–Crippen LogP) is 4.06. The van der Waals surface area contributed by atoms with Crippen LogP contribution in [0.3, 0.4) is 0 Å². The van der Waals surface area contributed by atoms with E-state index in [9.17, 15) is 18.0 Å². The van der Waals surface area contributed by atoms with Gasteiger partial charge in [0, 0.05) is 26.6 Å². The largest absolute Gasteiger partial charge is 0.367 e. The molecule has 0 spiro atoms. The third-order valence-corrected chi connectivity index (χ3v) is 9.17. The summed E-state index contributed by atoms with van der Waals surface area (Å²) in [5, 5.41) is 1.07. The molecule has 3 aromatic carbocycles. The Balaban J connectivity index is 1.69. The van der Waals surface area contributed by atoms with E-state index < -0.39 is 27.3 Å². The number of benzene rings is 3. The first-order valence-corrected chi connectivity index (χ1v) is 14.2. The topological polar surface area (TPSA) is 126 Å². The molecule has 38 heavy (non-hydrogen) atoms.